The second-order valence-electron chi connectivity index (χ2n) is 29.0. The number of fused-ring (bicyclic) bond motifs is 11. The molecule has 0 amide bonds. The number of aromatic nitrogens is 1. The van der Waals surface area contributed by atoms with Crippen molar-refractivity contribution in [2.75, 3.05) is 9.80 Å². The Morgan fingerprint density at radius 2 is 0.893 bits per heavy atom. The molecule has 0 N–H and O–H groups in total. The molecule has 0 saturated heterocycles. The Labute approximate surface area is 452 Å². The van der Waals surface area contributed by atoms with Crippen molar-refractivity contribution >= 4 is 99.8 Å². The summed E-state index contributed by atoms with van der Waals surface area (Å²) >= 11 is 2.00. The van der Waals surface area contributed by atoms with Gasteiger partial charge in [-0.1, -0.05) is 166 Å². The quantitative estimate of drug-likeness (QED) is 0.163. The molecule has 380 valence electrons. The lowest BCUT2D eigenvalue weighted by atomic mass is 9.36. The van der Waals surface area contributed by atoms with E-state index in [-0.39, 0.29) is 44.6 Å². The summed E-state index contributed by atoms with van der Waals surface area (Å²) in [5.74, 6) is 0. The summed E-state index contributed by atoms with van der Waals surface area (Å²) in [5, 5.41) is 4.05. The van der Waals surface area contributed by atoms with Crippen LogP contribution >= 0.6 is 11.3 Å². The van der Waals surface area contributed by atoms with E-state index in [1.807, 2.05) is 11.3 Å². The van der Waals surface area contributed by atoms with Gasteiger partial charge in [-0.05, 0) is 179 Å². The molecule has 2 aliphatic heterocycles. The summed E-state index contributed by atoms with van der Waals surface area (Å²) in [7, 11) is 0. The number of nitrogens with zero attached hydrogens (tertiary/aromatic N) is 3. The third-order valence-corrected chi connectivity index (χ3v) is 19.6. The molecule has 7 aromatic carbocycles. The lowest BCUT2D eigenvalue weighted by molar-refractivity contribution is 0.403. The maximum Gasteiger partial charge on any atom is 0.264 e. The minimum Gasteiger partial charge on any atom is -0.311 e. The highest BCUT2D eigenvalue weighted by Gasteiger charge is 2.48. The fourth-order valence-corrected chi connectivity index (χ4v) is 16.3. The van der Waals surface area contributed by atoms with Crippen LogP contribution in [0.5, 0.6) is 0 Å². The molecule has 3 nitrogen and oxygen atoms in total. The van der Waals surface area contributed by atoms with Gasteiger partial charge in [-0.2, -0.15) is 0 Å². The molecule has 2 aromatic heterocycles. The Bertz CT molecular complexity index is 3800. The van der Waals surface area contributed by atoms with E-state index in [1.54, 1.807) is 0 Å². The summed E-state index contributed by atoms with van der Waals surface area (Å²) < 4.78 is 5.44. The molecule has 0 unspecified atom stereocenters. The van der Waals surface area contributed by atoms with E-state index >= 15 is 0 Å². The van der Waals surface area contributed by atoms with Crippen LogP contribution in [0.1, 0.15) is 169 Å². The fraction of sp³-hybridized carbons (Fsp3) is 0.371. The normalized spacial score (nSPS) is 17.9. The average Bonchev–Trinajstić information content (AvgIpc) is 4.16. The summed E-state index contributed by atoms with van der Waals surface area (Å²) in [6.45, 7) is 40.9. The SMILES string of the molecule is CC(C)(C)c1ccc(N2c3ccc(C(C)(C)C)cc3B3c4sc5ccc(C(C)(C)C)cc5c4N(c4ccccc4)c4cc(-n5c6cc7c(cc6c6cc8c(cc65)C(C)(C)CC8(C)C)C(C)(C)CC7(C)C)cc2c43)cc1. The zero-order chi connectivity index (χ0) is 53.1. The third-order valence-electron chi connectivity index (χ3n) is 18.4. The van der Waals surface area contributed by atoms with E-state index < -0.39 is 0 Å². The number of rotatable bonds is 3. The highest BCUT2D eigenvalue weighted by molar-refractivity contribution is 7.33. The number of hydrogen-bond acceptors (Lipinski definition) is 3. The zero-order valence-corrected chi connectivity index (χ0v) is 48.7. The van der Waals surface area contributed by atoms with Crippen LogP contribution in [0.15, 0.2) is 127 Å². The van der Waals surface area contributed by atoms with Crippen LogP contribution in [0, 0.1) is 0 Å². The van der Waals surface area contributed by atoms with E-state index in [0.717, 1.165) is 12.8 Å². The van der Waals surface area contributed by atoms with Crippen molar-refractivity contribution in [2.24, 2.45) is 0 Å². The van der Waals surface area contributed by atoms with Crippen molar-refractivity contribution in [1.29, 1.82) is 0 Å². The van der Waals surface area contributed by atoms with Crippen molar-refractivity contribution < 1.29 is 0 Å². The van der Waals surface area contributed by atoms with Gasteiger partial charge in [0.15, 0.2) is 0 Å². The summed E-state index contributed by atoms with van der Waals surface area (Å²) in [6, 6.07) is 51.2. The van der Waals surface area contributed by atoms with Gasteiger partial charge in [0.05, 0.1) is 22.4 Å². The molecular weight excluding hydrogens is 926 g/mol. The maximum absolute atomic E-state index is 2.70. The maximum atomic E-state index is 2.70. The second-order valence-corrected chi connectivity index (χ2v) is 30.1. The lowest BCUT2D eigenvalue weighted by Gasteiger charge is -2.44. The molecule has 0 atom stereocenters. The van der Waals surface area contributed by atoms with E-state index in [0.29, 0.717) is 0 Å². The molecule has 75 heavy (non-hydrogen) atoms. The summed E-state index contributed by atoms with van der Waals surface area (Å²) in [6.07, 6.45) is 2.25. The smallest absolute Gasteiger partial charge is 0.264 e. The molecule has 2 aliphatic carbocycles. The van der Waals surface area contributed by atoms with Gasteiger partial charge in [-0.3, -0.25) is 0 Å². The molecule has 4 aliphatic rings. The lowest BCUT2D eigenvalue weighted by Crippen LogP contribution is -2.60. The standard InChI is InChI=1S/C70H76BN3S/c1-64(2,3)41-23-27-45(28-24-41)72-55-29-25-43(66(7,8)9)32-54(55)71-61-58(72)33-46(34-59(61)74(44-21-19-18-20-22-44)62-49-31-42(65(4,5)6)26-30-60(49)75-63(62)71)73-56-37-52-50(67(10,11)39-69(52,14)15)35-47(56)48-36-51-53(38-57(48)73)70(16,17)40-68(51,12)13/h18-38H,39-40H2,1-17H3. The van der Waals surface area contributed by atoms with Crippen molar-refractivity contribution in [3.8, 4) is 5.69 Å². The number of anilines is 6. The first kappa shape index (κ1) is 48.6. The highest BCUT2D eigenvalue weighted by Crippen LogP contribution is 2.56. The van der Waals surface area contributed by atoms with Gasteiger partial charge < -0.3 is 14.4 Å². The van der Waals surface area contributed by atoms with Crippen LogP contribution in [-0.2, 0) is 37.9 Å². The number of para-hydroxylation sites is 1. The Morgan fingerprint density at radius 3 is 1.43 bits per heavy atom. The van der Waals surface area contributed by atoms with Gasteiger partial charge >= 0.3 is 0 Å². The van der Waals surface area contributed by atoms with Crippen LogP contribution in [-0.4, -0.2) is 11.3 Å². The van der Waals surface area contributed by atoms with Crippen molar-refractivity contribution in [3.05, 3.63) is 166 Å². The van der Waals surface area contributed by atoms with Gasteiger partial charge in [0.25, 0.3) is 6.71 Å². The molecule has 0 fully saturated rings. The topological polar surface area (TPSA) is 11.4 Å². The van der Waals surface area contributed by atoms with Crippen molar-refractivity contribution in [3.63, 3.8) is 0 Å². The average molecular weight is 1000 g/mol. The van der Waals surface area contributed by atoms with E-state index in [2.05, 4.69) is 259 Å². The molecule has 0 spiro atoms. The minimum absolute atomic E-state index is 0.00708. The monoisotopic (exact) mass is 1000 g/mol. The molecule has 0 bridgehead atoms. The number of thiophene rings is 1. The van der Waals surface area contributed by atoms with Crippen LogP contribution in [0.3, 0.4) is 0 Å². The molecule has 0 saturated carbocycles. The van der Waals surface area contributed by atoms with Crippen LogP contribution in [0.4, 0.5) is 34.1 Å². The van der Waals surface area contributed by atoms with Gasteiger partial charge in [0, 0.05) is 54.1 Å². The Hall–Kier alpha value is -6.04. The molecule has 4 heterocycles. The molecular formula is C70H76BN3S. The minimum atomic E-state index is -0.0407. The molecule has 9 aromatic rings. The van der Waals surface area contributed by atoms with E-state index in [1.165, 1.54) is 126 Å². The number of benzene rings is 7. The second kappa shape index (κ2) is 15.3. The fourth-order valence-electron chi connectivity index (χ4n) is 15.0. The predicted molar refractivity (Wildman–Crippen MR) is 328 cm³/mol. The van der Waals surface area contributed by atoms with Gasteiger partial charge in [0.1, 0.15) is 0 Å². The van der Waals surface area contributed by atoms with E-state index in [9.17, 15) is 0 Å². The summed E-state index contributed by atoms with van der Waals surface area (Å²) in [5.41, 5.74) is 24.1. The molecule has 13 rings (SSSR count). The first-order valence-corrected chi connectivity index (χ1v) is 28.7. The predicted octanol–water partition coefficient (Wildman–Crippen LogP) is 17.9. The van der Waals surface area contributed by atoms with Gasteiger partial charge in [-0.25, -0.2) is 0 Å². The largest absolute Gasteiger partial charge is 0.311 e. The molecule has 5 heteroatoms. The van der Waals surface area contributed by atoms with Crippen LogP contribution < -0.4 is 25.5 Å². The zero-order valence-electron chi connectivity index (χ0n) is 47.9. The Morgan fingerprint density at radius 1 is 0.427 bits per heavy atom. The van der Waals surface area contributed by atoms with Crippen LogP contribution in [0.2, 0.25) is 0 Å². The Balaban J connectivity index is 1.21. The van der Waals surface area contributed by atoms with Gasteiger partial charge in [0.2, 0.25) is 0 Å². The summed E-state index contributed by atoms with van der Waals surface area (Å²) in [4.78, 5) is 5.30. The van der Waals surface area contributed by atoms with Crippen LogP contribution in [0.25, 0.3) is 37.6 Å². The molecule has 0 radical (unpaired) electrons. The van der Waals surface area contributed by atoms with Crippen molar-refractivity contribution in [2.45, 2.75) is 168 Å². The first-order chi connectivity index (χ1) is 35.0. The highest BCUT2D eigenvalue weighted by atomic mass is 32.1. The van der Waals surface area contributed by atoms with E-state index in [4.69, 9.17) is 0 Å². The third kappa shape index (κ3) is 7.11. The number of hydrogen-bond donors (Lipinski definition) is 0. The first-order valence-electron chi connectivity index (χ1n) is 27.9. The Kier molecular flexibility index (Phi) is 9.94. The van der Waals surface area contributed by atoms with Crippen molar-refractivity contribution in [1.82, 2.24) is 4.57 Å². The van der Waals surface area contributed by atoms with Gasteiger partial charge in [-0.15, -0.1) is 11.3 Å².